The summed E-state index contributed by atoms with van der Waals surface area (Å²) in [6, 6.07) is 0.107. The number of aromatic nitrogens is 1. The van der Waals surface area contributed by atoms with E-state index in [0.717, 1.165) is 11.6 Å². The SMILES string of the molecule is COc1nc(C(N)C2CC2C)cs1. The van der Waals surface area contributed by atoms with Crippen LogP contribution in [0.5, 0.6) is 5.19 Å². The number of ether oxygens (including phenoxy) is 1. The Morgan fingerprint density at radius 1 is 1.77 bits per heavy atom. The van der Waals surface area contributed by atoms with E-state index in [9.17, 15) is 0 Å². The number of hydrogen-bond acceptors (Lipinski definition) is 4. The average Bonchev–Trinajstić information content (AvgIpc) is 2.70. The van der Waals surface area contributed by atoms with Gasteiger partial charge in [-0.2, -0.15) is 0 Å². The molecule has 0 saturated heterocycles. The fourth-order valence-corrected chi connectivity index (χ4v) is 2.27. The van der Waals surface area contributed by atoms with E-state index in [1.807, 2.05) is 5.38 Å². The Kier molecular flexibility index (Phi) is 2.26. The summed E-state index contributed by atoms with van der Waals surface area (Å²) in [7, 11) is 1.63. The summed E-state index contributed by atoms with van der Waals surface area (Å²) < 4.78 is 5.02. The Bertz CT molecular complexity index is 300. The van der Waals surface area contributed by atoms with Gasteiger partial charge in [-0.05, 0) is 18.3 Å². The van der Waals surface area contributed by atoms with E-state index < -0.39 is 0 Å². The smallest absolute Gasteiger partial charge is 0.273 e. The quantitative estimate of drug-likeness (QED) is 0.805. The number of nitrogens with two attached hydrogens (primary N) is 1. The molecule has 0 aliphatic heterocycles. The van der Waals surface area contributed by atoms with Gasteiger partial charge in [-0.3, -0.25) is 0 Å². The summed E-state index contributed by atoms with van der Waals surface area (Å²) in [6.45, 7) is 2.23. The van der Waals surface area contributed by atoms with Crippen molar-refractivity contribution in [1.82, 2.24) is 4.98 Å². The van der Waals surface area contributed by atoms with E-state index in [-0.39, 0.29) is 6.04 Å². The maximum atomic E-state index is 6.05. The van der Waals surface area contributed by atoms with Gasteiger partial charge in [0.15, 0.2) is 0 Å². The second-order valence-corrected chi connectivity index (χ2v) is 4.47. The Morgan fingerprint density at radius 2 is 2.46 bits per heavy atom. The van der Waals surface area contributed by atoms with Crippen molar-refractivity contribution in [2.75, 3.05) is 7.11 Å². The third-order valence-corrected chi connectivity index (χ3v) is 3.47. The molecular weight excluding hydrogens is 184 g/mol. The first-order valence-electron chi connectivity index (χ1n) is 4.47. The van der Waals surface area contributed by atoms with Crippen LogP contribution in [0.15, 0.2) is 5.38 Å². The molecule has 3 nitrogen and oxygen atoms in total. The standard InChI is InChI=1S/C9H14N2OS/c1-5-3-6(5)8(10)7-4-13-9(11-7)12-2/h4-6,8H,3,10H2,1-2H3. The van der Waals surface area contributed by atoms with Crippen molar-refractivity contribution >= 4 is 11.3 Å². The molecule has 0 amide bonds. The minimum Gasteiger partial charge on any atom is -0.473 e. The van der Waals surface area contributed by atoms with E-state index in [4.69, 9.17) is 10.5 Å². The van der Waals surface area contributed by atoms with E-state index in [1.165, 1.54) is 17.8 Å². The van der Waals surface area contributed by atoms with Gasteiger partial charge in [0.05, 0.1) is 18.8 Å². The van der Waals surface area contributed by atoms with Crippen molar-refractivity contribution in [3.05, 3.63) is 11.1 Å². The van der Waals surface area contributed by atoms with Crippen molar-refractivity contribution in [3.8, 4) is 5.19 Å². The normalized spacial score (nSPS) is 28.5. The molecule has 0 radical (unpaired) electrons. The first-order chi connectivity index (χ1) is 6.22. The number of thiazole rings is 1. The van der Waals surface area contributed by atoms with Gasteiger partial charge in [-0.1, -0.05) is 18.3 Å². The molecule has 1 saturated carbocycles. The average molecular weight is 198 g/mol. The van der Waals surface area contributed by atoms with Crippen LogP contribution in [0.4, 0.5) is 0 Å². The Hall–Kier alpha value is -0.610. The molecule has 0 bridgehead atoms. The van der Waals surface area contributed by atoms with Crippen LogP contribution in [0, 0.1) is 11.8 Å². The number of rotatable bonds is 3. The van der Waals surface area contributed by atoms with Crippen LogP contribution in [-0.2, 0) is 0 Å². The molecule has 1 fully saturated rings. The van der Waals surface area contributed by atoms with E-state index in [2.05, 4.69) is 11.9 Å². The summed E-state index contributed by atoms with van der Waals surface area (Å²) in [5.41, 5.74) is 7.03. The Labute approximate surface area is 81.9 Å². The van der Waals surface area contributed by atoms with E-state index in [1.54, 1.807) is 7.11 Å². The van der Waals surface area contributed by atoms with E-state index >= 15 is 0 Å². The summed E-state index contributed by atoms with van der Waals surface area (Å²) in [5, 5.41) is 2.70. The van der Waals surface area contributed by atoms with Gasteiger partial charge in [0.25, 0.3) is 5.19 Å². The minimum absolute atomic E-state index is 0.107. The van der Waals surface area contributed by atoms with Gasteiger partial charge >= 0.3 is 0 Å². The third-order valence-electron chi connectivity index (χ3n) is 2.65. The maximum Gasteiger partial charge on any atom is 0.273 e. The van der Waals surface area contributed by atoms with Gasteiger partial charge in [-0.25, -0.2) is 4.98 Å². The fourth-order valence-electron chi connectivity index (χ4n) is 1.59. The van der Waals surface area contributed by atoms with Crippen molar-refractivity contribution in [2.45, 2.75) is 19.4 Å². The number of nitrogens with zero attached hydrogens (tertiary/aromatic N) is 1. The first kappa shape index (κ1) is 8.97. The van der Waals surface area contributed by atoms with Crippen LogP contribution in [0.1, 0.15) is 25.1 Å². The van der Waals surface area contributed by atoms with Crippen LogP contribution in [0.3, 0.4) is 0 Å². The highest BCUT2D eigenvalue weighted by atomic mass is 32.1. The lowest BCUT2D eigenvalue weighted by Gasteiger charge is -2.05. The van der Waals surface area contributed by atoms with Crippen LogP contribution >= 0.6 is 11.3 Å². The highest BCUT2D eigenvalue weighted by Gasteiger charge is 2.39. The highest BCUT2D eigenvalue weighted by molar-refractivity contribution is 7.11. The molecular formula is C9H14N2OS. The lowest BCUT2D eigenvalue weighted by Crippen LogP contribution is -2.13. The maximum absolute atomic E-state index is 6.05. The molecule has 2 rings (SSSR count). The summed E-state index contributed by atoms with van der Waals surface area (Å²) in [6.07, 6.45) is 1.24. The monoisotopic (exact) mass is 198 g/mol. The van der Waals surface area contributed by atoms with Crippen molar-refractivity contribution in [3.63, 3.8) is 0 Å². The van der Waals surface area contributed by atoms with Crippen LogP contribution < -0.4 is 10.5 Å². The molecule has 3 unspecified atom stereocenters. The van der Waals surface area contributed by atoms with Crippen molar-refractivity contribution in [2.24, 2.45) is 17.6 Å². The molecule has 1 heterocycles. The van der Waals surface area contributed by atoms with Crippen LogP contribution in [-0.4, -0.2) is 12.1 Å². The molecule has 1 aliphatic rings. The molecule has 3 atom stereocenters. The lowest BCUT2D eigenvalue weighted by molar-refractivity contribution is 0.408. The lowest BCUT2D eigenvalue weighted by atomic mass is 10.1. The Morgan fingerprint density at radius 3 is 2.92 bits per heavy atom. The van der Waals surface area contributed by atoms with Crippen molar-refractivity contribution in [1.29, 1.82) is 0 Å². The molecule has 2 N–H and O–H groups in total. The molecule has 4 heteroatoms. The summed E-state index contributed by atoms with van der Waals surface area (Å²) >= 11 is 1.51. The molecule has 13 heavy (non-hydrogen) atoms. The second kappa shape index (κ2) is 3.27. The summed E-state index contributed by atoms with van der Waals surface area (Å²) in [5.74, 6) is 1.40. The highest BCUT2D eigenvalue weighted by Crippen LogP contribution is 2.46. The molecule has 0 aromatic carbocycles. The van der Waals surface area contributed by atoms with Crippen molar-refractivity contribution < 1.29 is 4.74 Å². The van der Waals surface area contributed by atoms with Gasteiger partial charge in [0.1, 0.15) is 0 Å². The third kappa shape index (κ3) is 1.69. The zero-order chi connectivity index (χ0) is 9.42. The molecule has 1 aliphatic carbocycles. The van der Waals surface area contributed by atoms with Gasteiger partial charge in [-0.15, -0.1) is 0 Å². The topological polar surface area (TPSA) is 48.1 Å². The Balaban J connectivity index is 2.07. The zero-order valence-electron chi connectivity index (χ0n) is 7.86. The molecule has 72 valence electrons. The van der Waals surface area contributed by atoms with Crippen LogP contribution in [0.2, 0.25) is 0 Å². The second-order valence-electron chi connectivity index (χ2n) is 3.65. The summed E-state index contributed by atoms with van der Waals surface area (Å²) in [4.78, 5) is 4.30. The van der Waals surface area contributed by atoms with Gasteiger partial charge < -0.3 is 10.5 Å². The molecule has 1 aromatic rings. The fraction of sp³-hybridized carbons (Fsp3) is 0.667. The van der Waals surface area contributed by atoms with Gasteiger partial charge in [0.2, 0.25) is 0 Å². The largest absolute Gasteiger partial charge is 0.473 e. The predicted octanol–water partition coefficient (Wildman–Crippen LogP) is 1.81. The van der Waals surface area contributed by atoms with Crippen LogP contribution in [0.25, 0.3) is 0 Å². The molecule has 0 spiro atoms. The number of methoxy groups -OCH3 is 1. The number of hydrogen-bond donors (Lipinski definition) is 1. The molecule has 1 aromatic heterocycles. The first-order valence-corrected chi connectivity index (χ1v) is 5.35. The van der Waals surface area contributed by atoms with Gasteiger partial charge in [0, 0.05) is 5.38 Å². The predicted molar refractivity (Wildman–Crippen MR) is 52.9 cm³/mol. The zero-order valence-corrected chi connectivity index (χ0v) is 8.67. The minimum atomic E-state index is 0.107. The van der Waals surface area contributed by atoms with E-state index in [0.29, 0.717) is 11.1 Å².